The monoisotopic (exact) mass is 178 g/mol. The summed E-state index contributed by atoms with van der Waals surface area (Å²) in [6.07, 6.45) is 2.76. The predicted molar refractivity (Wildman–Crippen MR) is 50.6 cm³/mol. The molecule has 1 saturated heterocycles. The average molecular weight is 178 g/mol. The van der Waals surface area contributed by atoms with Crippen LogP contribution >= 0.6 is 8.58 Å². The Kier molecular flexibility index (Phi) is 7.25. The van der Waals surface area contributed by atoms with Gasteiger partial charge in [0.25, 0.3) is 0 Å². The molecule has 0 aromatic rings. The molecule has 0 aliphatic carbocycles. The molecule has 0 aromatic carbocycles. The minimum absolute atomic E-state index is 0.112. The predicted octanol–water partition coefficient (Wildman–Crippen LogP) is 1.82. The first-order valence-corrected chi connectivity index (χ1v) is 5.59. The van der Waals surface area contributed by atoms with E-state index < -0.39 is 0 Å². The Bertz CT molecular complexity index is 88.2. The Hall–Kier alpha value is 0.350. The molecule has 2 nitrogen and oxygen atoms in total. The quantitative estimate of drug-likeness (QED) is 0.516. The van der Waals surface area contributed by atoms with Crippen LogP contribution < -0.4 is 0 Å². The molecule has 1 aliphatic heterocycles. The standard InChI is InChI=1S/C6H13O2P.C2H6/c1-5-6(8-4-7)2-3-9-5;1-2/h5-7,9H,2-4H2,1H3;1-2H3. The number of aliphatic hydroxyl groups is 1. The van der Waals surface area contributed by atoms with Gasteiger partial charge in [0, 0.05) is 0 Å². The van der Waals surface area contributed by atoms with Gasteiger partial charge in [0.1, 0.15) is 6.79 Å². The molecular weight excluding hydrogens is 159 g/mol. The van der Waals surface area contributed by atoms with Gasteiger partial charge in [0.15, 0.2) is 0 Å². The second-order valence-electron chi connectivity index (χ2n) is 2.37. The van der Waals surface area contributed by atoms with E-state index in [0.29, 0.717) is 11.8 Å². The molecule has 1 heterocycles. The minimum atomic E-state index is -0.112. The van der Waals surface area contributed by atoms with Crippen LogP contribution in [0.1, 0.15) is 27.2 Å². The number of hydrogen-bond acceptors (Lipinski definition) is 2. The molecule has 0 amide bonds. The van der Waals surface area contributed by atoms with Crippen LogP contribution in [-0.4, -0.2) is 29.8 Å². The lowest BCUT2D eigenvalue weighted by Crippen LogP contribution is -2.18. The SMILES string of the molecule is CC.CC1PCCC1OCO. The second-order valence-corrected chi connectivity index (χ2v) is 4.18. The molecule has 0 aromatic heterocycles. The minimum Gasteiger partial charge on any atom is -0.371 e. The molecule has 1 aliphatic rings. The van der Waals surface area contributed by atoms with Gasteiger partial charge in [0.05, 0.1) is 6.10 Å². The number of hydrogen-bond donors (Lipinski definition) is 1. The summed E-state index contributed by atoms with van der Waals surface area (Å²) in [6.45, 7) is 6.07. The van der Waals surface area contributed by atoms with E-state index in [1.165, 1.54) is 6.16 Å². The first kappa shape index (κ1) is 11.4. The van der Waals surface area contributed by atoms with Crippen LogP contribution in [0, 0.1) is 0 Å². The van der Waals surface area contributed by atoms with E-state index in [4.69, 9.17) is 9.84 Å². The molecule has 0 spiro atoms. The van der Waals surface area contributed by atoms with Crippen molar-refractivity contribution in [3.8, 4) is 0 Å². The van der Waals surface area contributed by atoms with Crippen LogP contribution in [0.5, 0.6) is 0 Å². The molecule has 1 rings (SSSR count). The Balaban J connectivity index is 0.000000461. The lowest BCUT2D eigenvalue weighted by molar-refractivity contribution is -0.0469. The molecule has 3 atom stereocenters. The summed E-state index contributed by atoms with van der Waals surface area (Å²) in [5.41, 5.74) is 0.678. The lowest BCUT2D eigenvalue weighted by atomic mass is 10.2. The zero-order valence-electron chi connectivity index (χ0n) is 7.63. The summed E-state index contributed by atoms with van der Waals surface area (Å²) in [4.78, 5) is 0. The zero-order valence-corrected chi connectivity index (χ0v) is 8.63. The molecule has 0 bridgehead atoms. The summed E-state index contributed by atoms with van der Waals surface area (Å²) < 4.78 is 5.08. The number of ether oxygens (including phenoxy) is 1. The topological polar surface area (TPSA) is 29.5 Å². The molecule has 1 fully saturated rings. The molecule has 0 radical (unpaired) electrons. The number of rotatable bonds is 2. The van der Waals surface area contributed by atoms with Crippen molar-refractivity contribution < 1.29 is 9.84 Å². The third-order valence-corrected chi connectivity index (χ3v) is 3.33. The van der Waals surface area contributed by atoms with Gasteiger partial charge >= 0.3 is 0 Å². The molecule has 0 saturated carbocycles. The molecular formula is C8H19O2P. The van der Waals surface area contributed by atoms with E-state index in [2.05, 4.69) is 6.92 Å². The van der Waals surface area contributed by atoms with Crippen LogP contribution in [-0.2, 0) is 4.74 Å². The van der Waals surface area contributed by atoms with E-state index in [1.54, 1.807) is 0 Å². The van der Waals surface area contributed by atoms with Gasteiger partial charge in [-0.2, -0.15) is 0 Å². The van der Waals surface area contributed by atoms with E-state index >= 15 is 0 Å². The molecule has 3 heteroatoms. The fraction of sp³-hybridized carbons (Fsp3) is 1.00. The van der Waals surface area contributed by atoms with Crippen molar-refractivity contribution in [3.05, 3.63) is 0 Å². The van der Waals surface area contributed by atoms with E-state index in [9.17, 15) is 0 Å². The van der Waals surface area contributed by atoms with Crippen LogP contribution in [0.15, 0.2) is 0 Å². The van der Waals surface area contributed by atoms with Crippen LogP contribution in [0.3, 0.4) is 0 Å². The Labute approximate surface area is 71.1 Å². The maximum atomic E-state index is 8.43. The van der Waals surface area contributed by atoms with Gasteiger partial charge in [-0.25, -0.2) is 0 Å². The van der Waals surface area contributed by atoms with Crippen molar-refractivity contribution in [3.63, 3.8) is 0 Å². The van der Waals surface area contributed by atoms with Crippen molar-refractivity contribution in [1.29, 1.82) is 0 Å². The lowest BCUT2D eigenvalue weighted by Gasteiger charge is -2.13. The third kappa shape index (κ3) is 4.05. The molecule has 1 N–H and O–H groups in total. The van der Waals surface area contributed by atoms with Crippen molar-refractivity contribution in [2.45, 2.75) is 39.0 Å². The Morgan fingerprint density at radius 3 is 2.55 bits per heavy atom. The maximum Gasteiger partial charge on any atom is 0.143 e. The zero-order chi connectivity index (χ0) is 8.69. The summed E-state index contributed by atoms with van der Waals surface area (Å²) in [5, 5.41) is 8.43. The van der Waals surface area contributed by atoms with Gasteiger partial charge < -0.3 is 9.84 Å². The maximum absolute atomic E-state index is 8.43. The van der Waals surface area contributed by atoms with E-state index in [-0.39, 0.29) is 6.79 Å². The highest BCUT2D eigenvalue weighted by molar-refractivity contribution is 7.39. The van der Waals surface area contributed by atoms with Crippen LogP contribution in [0.2, 0.25) is 0 Å². The Morgan fingerprint density at radius 1 is 1.55 bits per heavy atom. The summed E-state index contributed by atoms with van der Waals surface area (Å²) in [6, 6.07) is 0. The van der Waals surface area contributed by atoms with Crippen LogP contribution in [0.4, 0.5) is 0 Å². The summed E-state index contributed by atoms with van der Waals surface area (Å²) >= 11 is 0. The fourth-order valence-corrected chi connectivity index (χ4v) is 2.59. The summed E-state index contributed by atoms with van der Waals surface area (Å²) in [7, 11) is 1.04. The van der Waals surface area contributed by atoms with Crippen molar-refractivity contribution in [2.24, 2.45) is 0 Å². The van der Waals surface area contributed by atoms with Crippen molar-refractivity contribution in [2.75, 3.05) is 13.0 Å². The van der Waals surface area contributed by atoms with Gasteiger partial charge in [-0.15, -0.1) is 8.58 Å². The highest BCUT2D eigenvalue weighted by Gasteiger charge is 2.23. The highest BCUT2D eigenvalue weighted by atomic mass is 31.1. The van der Waals surface area contributed by atoms with Crippen LogP contribution in [0.25, 0.3) is 0 Å². The first-order valence-electron chi connectivity index (χ1n) is 4.30. The van der Waals surface area contributed by atoms with Gasteiger partial charge in [-0.3, -0.25) is 0 Å². The fourth-order valence-electron chi connectivity index (χ4n) is 1.16. The molecule has 68 valence electrons. The smallest absolute Gasteiger partial charge is 0.143 e. The first-order chi connectivity index (χ1) is 5.34. The highest BCUT2D eigenvalue weighted by Crippen LogP contribution is 2.33. The normalized spacial score (nSPS) is 31.6. The van der Waals surface area contributed by atoms with E-state index in [0.717, 1.165) is 15.0 Å². The molecule has 11 heavy (non-hydrogen) atoms. The Morgan fingerprint density at radius 2 is 2.18 bits per heavy atom. The molecule has 3 unspecified atom stereocenters. The van der Waals surface area contributed by atoms with Gasteiger partial charge in [0.2, 0.25) is 0 Å². The number of aliphatic hydroxyl groups excluding tert-OH is 1. The second kappa shape index (κ2) is 7.02. The van der Waals surface area contributed by atoms with E-state index in [1.807, 2.05) is 13.8 Å². The van der Waals surface area contributed by atoms with Crippen molar-refractivity contribution >= 4 is 8.58 Å². The summed E-state index contributed by atoms with van der Waals surface area (Å²) in [5.74, 6) is 0. The van der Waals surface area contributed by atoms with Gasteiger partial charge in [-0.05, 0) is 18.2 Å². The largest absolute Gasteiger partial charge is 0.371 e. The average Bonchev–Trinajstić information content (AvgIpc) is 2.42. The van der Waals surface area contributed by atoms with Crippen molar-refractivity contribution in [1.82, 2.24) is 0 Å². The van der Waals surface area contributed by atoms with Gasteiger partial charge in [-0.1, -0.05) is 20.8 Å². The third-order valence-electron chi connectivity index (χ3n) is 1.74.